The molecule has 160 valence electrons. The molecule has 0 aliphatic carbocycles. The third-order valence-corrected chi connectivity index (χ3v) is 5.68. The zero-order chi connectivity index (χ0) is 22.1. The summed E-state index contributed by atoms with van der Waals surface area (Å²) < 4.78 is 47.8. The second-order valence-electron chi connectivity index (χ2n) is 7.28. The van der Waals surface area contributed by atoms with Crippen LogP contribution in [-0.2, 0) is 6.61 Å². The van der Waals surface area contributed by atoms with Gasteiger partial charge in [0.1, 0.15) is 23.9 Å². The zero-order valence-corrected chi connectivity index (χ0v) is 18.0. The molecule has 31 heavy (non-hydrogen) atoms. The molecule has 0 fully saturated rings. The second kappa shape index (κ2) is 8.63. The van der Waals surface area contributed by atoms with Gasteiger partial charge in [-0.3, -0.25) is 0 Å². The molecule has 4 nitrogen and oxygen atoms in total. The number of halogens is 4. The van der Waals surface area contributed by atoms with Gasteiger partial charge in [-0.2, -0.15) is 0 Å². The topological polar surface area (TPSA) is 50.4 Å². The molecule has 2 unspecified atom stereocenters. The molecule has 2 N–H and O–H groups in total. The van der Waals surface area contributed by atoms with Crippen LogP contribution in [-0.4, -0.2) is 12.1 Å². The average Bonchev–Trinajstić information content (AvgIpc) is 2.87. The van der Waals surface area contributed by atoms with Gasteiger partial charge in [-0.1, -0.05) is 40.2 Å². The summed E-state index contributed by atoms with van der Waals surface area (Å²) in [5.74, 6) is -3.04. The van der Waals surface area contributed by atoms with Crippen LogP contribution in [0.15, 0.2) is 59.1 Å². The maximum Gasteiger partial charge on any atom is 0.319 e. The van der Waals surface area contributed by atoms with Gasteiger partial charge in [-0.15, -0.1) is 0 Å². The number of rotatable bonds is 3. The molecular formula is C23H18BrF3N2O2. The lowest BCUT2D eigenvalue weighted by Crippen LogP contribution is -2.40. The molecule has 2 amide bonds. The summed E-state index contributed by atoms with van der Waals surface area (Å²) in [6, 6.07) is 13.1. The van der Waals surface area contributed by atoms with Crippen LogP contribution in [0.4, 0.5) is 23.7 Å². The van der Waals surface area contributed by atoms with E-state index in [9.17, 15) is 18.0 Å². The number of ether oxygens (including phenoxy) is 1. The summed E-state index contributed by atoms with van der Waals surface area (Å²) in [5, 5.41) is 4.89. The number of amides is 2. The Bertz CT molecular complexity index is 1130. The highest BCUT2D eigenvalue weighted by molar-refractivity contribution is 9.10. The molecule has 0 radical (unpaired) electrons. The third kappa shape index (κ3) is 4.39. The molecule has 2 atom stereocenters. The van der Waals surface area contributed by atoms with E-state index in [2.05, 4.69) is 26.6 Å². The molecule has 0 aromatic heterocycles. The van der Waals surface area contributed by atoms with Crippen LogP contribution in [0.3, 0.4) is 0 Å². The largest absolute Gasteiger partial charge is 0.489 e. The Morgan fingerprint density at radius 1 is 1.06 bits per heavy atom. The van der Waals surface area contributed by atoms with Gasteiger partial charge in [0.05, 0.1) is 0 Å². The number of carbonyl (C=O) groups is 1. The Hall–Kier alpha value is -3.00. The SMILES string of the molecule is CC(NC(=O)Nc1c(F)cc(F)cc1F)C1c2ccccc2COc2ccc(Br)cc21. The second-order valence-corrected chi connectivity index (χ2v) is 8.19. The van der Waals surface area contributed by atoms with Gasteiger partial charge in [0, 0.05) is 34.1 Å². The Kier molecular flexibility index (Phi) is 5.91. The lowest BCUT2D eigenvalue weighted by Gasteiger charge is -2.27. The summed E-state index contributed by atoms with van der Waals surface area (Å²) in [5.41, 5.74) is 2.11. The van der Waals surface area contributed by atoms with Crippen molar-refractivity contribution in [2.75, 3.05) is 5.32 Å². The van der Waals surface area contributed by atoms with E-state index in [4.69, 9.17) is 4.74 Å². The minimum absolute atomic E-state index is 0.278. The number of urea groups is 1. The van der Waals surface area contributed by atoms with Crippen molar-refractivity contribution < 1.29 is 22.7 Å². The van der Waals surface area contributed by atoms with Crippen LogP contribution in [0.2, 0.25) is 0 Å². The van der Waals surface area contributed by atoms with Crippen molar-refractivity contribution in [2.24, 2.45) is 0 Å². The molecule has 0 spiro atoms. The fourth-order valence-electron chi connectivity index (χ4n) is 3.83. The number of carbonyl (C=O) groups excluding carboxylic acids is 1. The minimum Gasteiger partial charge on any atom is -0.489 e. The van der Waals surface area contributed by atoms with Gasteiger partial charge >= 0.3 is 6.03 Å². The van der Waals surface area contributed by atoms with Crippen LogP contribution in [0.1, 0.15) is 29.5 Å². The molecular weight excluding hydrogens is 473 g/mol. The smallest absolute Gasteiger partial charge is 0.319 e. The van der Waals surface area contributed by atoms with E-state index >= 15 is 0 Å². The first kappa shape index (κ1) is 21.2. The molecule has 1 aliphatic heterocycles. The van der Waals surface area contributed by atoms with Crippen LogP contribution in [0.25, 0.3) is 0 Å². The third-order valence-electron chi connectivity index (χ3n) is 5.18. The Balaban J connectivity index is 1.64. The predicted molar refractivity (Wildman–Crippen MR) is 115 cm³/mol. The van der Waals surface area contributed by atoms with Crippen LogP contribution >= 0.6 is 15.9 Å². The van der Waals surface area contributed by atoms with Crippen LogP contribution in [0.5, 0.6) is 5.75 Å². The quantitative estimate of drug-likeness (QED) is 0.465. The Morgan fingerprint density at radius 3 is 2.52 bits per heavy atom. The first-order valence-corrected chi connectivity index (χ1v) is 10.3. The highest BCUT2D eigenvalue weighted by atomic mass is 79.9. The molecule has 3 aromatic carbocycles. The van der Waals surface area contributed by atoms with E-state index < -0.39 is 35.2 Å². The number of nitrogens with one attached hydrogen (secondary N) is 2. The molecule has 0 saturated carbocycles. The van der Waals surface area contributed by atoms with E-state index in [1.807, 2.05) is 42.5 Å². The lowest BCUT2D eigenvalue weighted by molar-refractivity contribution is 0.248. The fourth-order valence-corrected chi connectivity index (χ4v) is 4.20. The number of fused-ring (bicyclic) bond motifs is 2. The standard InChI is InChI=1S/C23H18BrF3N2O2/c1-12(28-23(30)29-22-18(26)9-15(25)10-19(22)27)21-16-5-3-2-4-13(16)11-31-20-7-6-14(24)8-17(20)21/h2-10,12,21H,11H2,1H3,(H2,28,29,30). The first-order chi connectivity index (χ1) is 14.8. The normalized spacial score (nSPS) is 15.7. The van der Waals surface area contributed by atoms with E-state index in [0.29, 0.717) is 24.5 Å². The van der Waals surface area contributed by atoms with Gasteiger partial charge in [0.2, 0.25) is 0 Å². The van der Waals surface area contributed by atoms with E-state index in [-0.39, 0.29) is 5.92 Å². The highest BCUT2D eigenvalue weighted by Gasteiger charge is 2.30. The molecule has 8 heteroatoms. The molecule has 3 aromatic rings. The van der Waals surface area contributed by atoms with Crippen LogP contribution in [0, 0.1) is 17.5 Å². The van der Waals surface area contributed by atoms with Gasteiger partial charge in [0.25, 0.3) is 0 Å². The summed E-state index contributed by atoms with van der Waals surface area (Å²) in [7, 11) is 0. The van der Waals surface area contributed by atoms with Crippen molar-refractivity contribution in [1.82, 2.24) is 5.32 Å². The van der Waals surface area contributed by atoms with E-state index in [1.165, 1.54) is 0 Å². The summed E-state index contributed by atoms with van der Waals surface area (Å²) in [4.78, 5) is 12.5. The van der Waals surface area contributed by atoms with Gasteiger partial charge in [-0.05, 0) is 36.2 Å². The fraction of sp³-hybridized carbons (Fsp3) is 0.174. The van der Waals surface area contributed by atoms with Crippen molar-refractivity contribution in [3.63, 3.8) is 0 Å². The van der Waals surface area contributed by atoms with Crippen molar-refractivity contribution >= 4 is 27.6 Å². The van der Waals surface area contributed by atoms with Crippen molar-refractivity contribution in [3.8, 4) is 5.75 Å². The lowest BCUT2D eigenvalue weighted by atomic mass is 9.83. The summed E-state index contributed by atoms with van der Waals surface area (Å²) >= 11 is 3.48. The number of hydrogen-bond acceptors (Lipinski definition) is 2. The number of anilines is 1. The maximum atomic E-state index is 13.9. The van der Waals surface area contributed by atoms with Gasteiger partial charge in [0.15, 0.2) is 11.6 Å². The average molecular weight is 491 g/mol. The number of benzene rings is 3. The van der Waals surface area contributed by atoms with E-state index in [1.54, 1.807) is 6.92 Å². The van der Waals surface area contributed by atoms with Crippen molar-refractivity contribution in [2.45, 2.75) is 25.5 Å². The monoisotopic (exact) mass is 490 g/mol. The summed E-state index contributed by atoms with van der Waals surface area (Å²) in [6.45, 7) is 2.18. The molecule has 1 aliphatic rings. The minimum atomic E-state index is -1.19. The van der Waals surface area contributed by atoms with Crippen molar-refractivity contribution in [3.05, 3.63) is 93.2 Å². The zero-order valence-electron chi connectivity index (χ0n) is 16.4. The van der Waals surface area contributed by atoms with Gasteiger partial charge in [-0.25, -0.2) is 18.0 Å². The van der Waals surface area contributed by atoms with E-state index in [0.717, 1.165) is 21.2 Å². The Labute approximate surface area is 185 Å². The molecule has 0 saturated heterocycles. The highest BCUT2D eigenvalue weighted by Crippen LogP contribution is 2.40. The Morgan fingerprint density at radius 2 is 1.77 bits per heavy atom. The summed E-state index contributed by atoms with van der Waals surface area (Å²) in [6.07, 6.45) is 0. The molecule has 1 heterocycles. The first-order valence-electron chi connectivity index (χ1n) is 9.55. The van der Waals surface area contributed by atoms with Gasteiger partial charge < -0.3 is 15.4 Å². The molecule has 0 bridgehead atoms. The predicted octanol–water partition coefficient (Wildman–Crippen LogP) is 6.10. The van der Waals surface area contributed by atoms with Crippen molar-refractivity contribution in [1.29, 1.82) is 0 Å². The molecule has 4 rings (SSSR count). The number of hydrogen-bond donors (Lipinski definition) is 2. The van der Waals surface area contributed by atoms with Crippen LogP contribution < -0.4 is 15.4 Å². The maximum absolute atomic E-state index is 13.9.